The number of benzene rings is 2. The summed E-state index contributed by atoms with van der Waals surface area (Å²) in [6.07, 6.45) is 6.67. The summed E-state index contributed by atoms with van der Waals surface area (Å²) in [6, 6.07) is 17.0. The maximum absolute atomic E-state index is 4.69. The van der Waals surface area contributed by atoms with Crippen LogP contribution in [0.3, 0.4) is 0 Å². The Labute approximate surface area is 165 Å². The van der Waals surface area contributed by atoms with Crippen LogP contribution in [-0.2, 0) is 6.42 Å². The van der Waals surface area contributed by atoms with Crippen molar-refractivity contribution in [1.29, 1.82) is 0 Å². The van der Waals surface area contributed by atoms with Crippen LogP contribution in [0.25, 0.3) is 0 Å². The minimum Gasteiger partial charge on any atom is -0.372 e. The molecule has 0 spiro atoms. The Morgan fingerprint density at radius 2 is 1.68 bits per heavy atom. The summed E-state index contributed by atoms with van der Waals surface area (Å²) < 4.78 is 0. The first-order valence-corrected chi connectivity index (χ1v) is 10.0. The van der Waals surface area contributed by atoms with Crippen molar-refractivity contribution in [2.45, 2.75) is 25.7 Å². The van der Waals surface area contributed by atoms with Crippen LogP contribution in [0.5, 0.6) is 0 Å². The number of rotatable bonds is 4. The molecule has 28 heavy (non-hydrogen) atoms. The van der Waals surface area contributed by atoms with Gasteiger partial charge in [0, 0.05) is 36.7 Å². The SMILES string of the molecule is c1ccc2c(c1)CCN2c1cnnc(Nc2ccc(N3CCCCC3)cc2)n1. The number of hydrogen-bond donors (Lipinski definition) is 1. The van der Waals surface area contributed by atoms with Gasteiger partial charge in [-0.3, -0.25) is 0 Å². The number of piperidine rings is 1. The van der Waals surface area contributed by atoms with E-state index in [0.29, 0.717) is 5.95 Å². The molecule has 1 saturated heterocycles. The van der Waals surface area contributed by atoms with E-state index in [1.54, 1.807) is 6.20 Å². The Kier molecular flexibility index (Phi) is 4.53. The van der Waals surface area contributed by atoms with E-state index in [4.69, 9.17) is 4.98 Å². The topological polar surface area (TPSA) is 57.2 Å². The summed E-state index contributed by atoms with van der Waals surface area (Å²) in [5, 5.41) is 11.6. The van der Waals surface area contributed by atoms with Crippen LogP contribution in [-0.4, -0.2) is 34.8 Å². The maximum atomic E-state index is 4.69. The van der Waals surface area contributed by atoms with Crippen LogP contribution in [0, 0.1) is 0 Å². The second-order valence-corrected chi connectivity index (χ2v) is 7.39. The highest BCUT2D eigenvalue weighted by atomic mass is 15.3. The molecule has 2 aromatic carbocycles. The highest BCUT2D eigenvalue weighted by molar-refractivity contribution is 5.68. The van der Waals surface area contributed by atoms with Gasteiger partial charge in [0.05, 0.1) is 6.20 Å². The molecule has 1 fully saturated rings. The molecule has 6 heteroatoms. The third kappa shape index (κ3) is 3.38. The van der Waals surface area contributed by atoms with Gasteiger partial charge in [0.2, 0.25) is 5.95 Å². The Morgan fingerprint density at radius 1 is 0.857 bits per heavy atom. The molecule has 6 nitrogen and oxygen atoms in total. The Balaban J connectivity index is 1.32. The fourth-order valence-corrected chi connectivity index (χ4v) is 4.09. The van der Waals surface area contributed by atoms with Gasteiger partial charge in [-0.2, -0.15) is 10.1 Å². The lowest BCUT2D eigenvalue weighted by Gasteiger charge is -2.28. The molecule has 5 rings (SSSR count). The molecule has 0 radical (unpaired) electrons. The van der Waals surface area contributed by atoms with Gasteiger partial charge >= 0.3 is 0 Å². The molecule has 3 heterocycles. The molecule has 0 unspecified atom stereocenters. The van der Waals surface area contributed by atoms with E-state index in [2.05, 4.69) is 73.8 Å². The summed E-state index contributed by atoms with van der Waals surface area (Å²) in [7, 11) is 0. The summed E-state index contributed by atoms with van der Waals surface area (Å²) in [5.41, 5.74) is 4.82. The van der Waals surface area contributed by atoms with Crippen LogP contribution < -0.4 is 15.1 Å². The highest BCUT2D eigenvalue weighted by Crippen LogP contribution is 2.33. The zero-order valence-corrected chi connectivity index (χ0v) is 15.9. The third-order valence-electron chi connectivity index (χ3n) is 5.55. The second kappa shape index (κ2) is 7.46. The molecular weight excluding hydrogens is 348 g/mol. The zero-order chi connectivity index (χ0) is 18.8. The molecule has 0 saturated carbocycles. The first-order valence-electron chi connectivity index (χ1n) is 10.0. The smallest absolute Gasteiger partial charge is 0.249 e. The fourth-order valence-electron chi connectivity index (χ4n) is 4.09. The number of nitrogens with zero attached hydrogens (tertiary/aromatic N) is 5. The highest BCUT2D eigenvalue weighted by Gasteiger charge is 2.21. The Hall–Kier alpha value is -3.15. The van der Waals surface area contributed by atoms with Crippen LogP contribution in [0.15, 0.2) is 54.7 Å². The van der Waals surface area contributed by atoms with Gasteiger partial charge in [-0.05, 0) is 61.6 Å². The number of para-hydroxylation sites is 1. The largest absolute Gasteiger partial charge is 0.372 e. The van der Waals surface area contributed by atoms with Crippen LogP contribution in [0.2, 0.25) is 0 Å². The van der Waals surface area contributed by atoms with E-state index in [0.717, 1.165) is 37.6 Å². The van der Waals surface area contributed by atoms with Crippen molar-refractivity contribution in [2.75, 3.05) is 34.8 Å². The van der Waals surface area contributed by atoms with E-state index < -0.39 is 0 Å². The molecule has 2 aliphatic rings. The molecule has 1 N–H and O–H groups in total. The summed E-state index contributed by atoms with van der Waals surface area (Å²) in [4.78, 5) is 9.35. The summed E-state index contributed by atoms with van der Waals surface area (Å²) in [6.45, 7) is 3.22. The van der Waals surface area contributed by atoms with Gasteiger partial charge < -0.3 is 15.1 Å². The third-order valence-corrected chi connectivity index (χ3v) is 5.55. The lowest BCUT2D eigenvalue weighted by molar-refractivity contribution is 0.578. The Morgan fingerprint density at radius 3 is 2.54 bits per heavy atom. The van der Waals surface area contributed by atoms with E-state index in [1.165, 1.54) is 36.2 Å². The molecule has 3 aromatic rings. The average molecular weight is 372 g/mol. The Bertz CT molecular complexity index is 949. The minimum absolute atomic E-state index is 0.521. The molecular formula is C22H24N6. The van der Waals surface area contributed by atoms with Gasteiger partial charge in [0.15, 0.2) is 5.82 Å². The van der Waals surface area contributed by atoms with Crippen LogP contribution in [0.4, 0.5) is 28.8 Å². The monoisotopic (exact) mass is 372 g/mol. The molecule has 1 aromatic heterocycles. The molecule has 2 aliphatic heterocycles. The number of fused-ring (bicyclic) bond motifs is 1. The predicted molar refractivity (Wildman–Crippen MR) is 113 cm³/mol. The molecule has 0 atom stereocenters. The lowest BCUT2D eigenvalue weighted by atomic mass is 10.1. The van der Waals surface area contributed by atoms with Crippen molar-refractivity contribution in [2.24, 2.45) is 0 Å². The normalized spacial score (nSPS) is 16.1. The predicted octanol–water partition coefficient (Wildman–Crippen LogP) is 4.30. The summed E-state index contributed by atoms with van der Waals surface area (Å²) >= 11 is 0. The fraction of sp³-hybridized carbons (Fsp3) is 0.318. The minimum atomic E-state index is 0.521. The maximum Gasteiger partial charge on any atom is 0.249 e. The quantitative estimate of drug-likeness (QED) is 0.737. The van der Waals surface area contributed by atoms with Gasteiger partial charge in [-0.25, -0.2) is 0 Å². The van der Waals surface area contributed by atoms with Crippen LogP contribution in [0.1, 0.15) is 24.8 Å². The number of aromatic nitrogens is 3. The second-order valence-electron chi connectivity index (χ2n) is 7.39. The standard InChI is InChI=1S/C22H24N6/c1-4-13-27(14-5-1)19-10-8-18(9-11-19)24-22-25-21(16-23-26-22)28-15-12-17-6-2-3-7-20(17)28/h2-3,6-11,16H,1,4-5,12-15H2,(H,24,25,26). The van der Waals surface area contributed by atoms with E-state index in [9.17, 15) is 0 Å². The van der Waals surface area contributed by atoms with Crippen molar-refractivity contribution in [1.82, 2.24) is 15.2 Å². The number of hydrogen-bond acceptors (Lipinski definition) is 6. The van der Waals surface area contributed by atoms with Crippen molar-refractivity contribution in [3.63, 3.8) is 0 Å². The molecule has 0 aliphatic carbocycles. The molecule has 0 bridgehead atoms. The average Bonchev–Trinajstić information content (AvgIpc) is 3.19. The zero-order valence-electron chi connectivity index (χ0n) is 15.9. The van der Waals surface area contributed by atoms with Gasteiger partial charge in [0.1, 0.15) is 0 Å². The van der Waals surface area contributed by atoms with E-state index >= 15 is 0 Å². The number of nitrogens with one attached hydrogen (secondary N) is 1. The molecule has 0 amide bonds. The van der Waals surface area contributed by atoms with Crippen molar-refractivity contribution in [3.8, 4) is 0 Å². The first kappa shape index (κ1) is 17.0. The van der Waals surface area contributed by atoms with Crippen LogP contribution >= 0.6 is 0 Å². The van der Waals surface area contributed by atoms with Crippen molar-refractivity contribution < 1.29 is 0 Å². The lowest BCUT2D eigenvalue weighted by Crippen LogP contribution is -2.29. The van der Waals surface area contributed by atoms with Gasteiger partial charge in [-0.15, -0.1) is 5.10 Å². The number of anilines is 5. The van der Waals surface area contributed by atoms with E-state index in [1.807, 2.05) is 0 Å². The molecule has 142 valence electrons. The van der Waals surface area contributed by atoms with E-state index in [-0.39, 0.29) is 0 Å². The van der Waals surface area contributed by atoms with Crippen molar-refractivity contribution in [3.05, 3.63) is 60.3 Å². The van der Waals surface area contributed by atoms with Gasteiger partial charge in [0.25, 0.3) is 0 Å². The van der Waals surface area contributed by atoms with Gasteiger partial charge in [-0.1, -0.05) is 18.2 Å². The summed E-state index contributed by atoms with van der Waals surface area (Å²) in [5.74, 6) is 1.35. The van der Waals surface area contributed by atoms with Crippen molar-refractivity contribution >= 4 is 28.8 Å². The first-order chi connectivity index (χ1) is 13.9.